The highest BCUT2D eigenvalue weighted by atomic mass is 35.5. The maximum absolute atomic E-state index is 12.1. The molecule has 2 aromatic heterocycles. The molecule has 5 rings (SSSR count). The second kappa shape index (κ2) is 9.97. The largest absolute Gasteiger partial charge is 0.616 e. The number of imidazole rings is 1. The Bertz CT molecular complexity index is 1210. The maximum atomic E-state index is 12.1. The van der Waals surface area contributed by atoms with Crippen LogP contribution in [0, 0.1) is 11.3 Å². The van der Waals surface area contributed by atoms with Crippen molar-refractivity contribution in [3.63, 3.8) is 0 Å². The van der Waals surface area contributed by atoms with Crippen LogP contribution in [0.3, 0.4) is 0 Å². The van der Waals surface area contributed by atoms with Gasteiger partial charge in [0.15, 0.2) is 5.65 Å². The molecule has 2 aliphatic rings. The number of piperidine rings is 1. The third-order valence-corrected chi connectivity index (χ3v) is 11.7. The Morgan fingerprint density at radius 2 is 1.94 bits per heavy atom. The molecule has 1 aliphatic heterocycles. The summed E-state index contributed by atoms with van der Waals surface area (Å²) in [6.45, 7) is 6.31. The monoisotopic (exact) mass is 550 g/mol. The van der Waals surface area contributed by atoms with Crippen molar-refractivity contribution in [1.29, 1.82) is 0 Å². The second-order valence-corrected chi connectivity index (χ2v) is 14.6. The Hall–Kier alpha value is -1.12. The van der Waals surface area contributed by atoms with Crippen molar-refractivity contribution in [3.8, 4) is 0 Å². The van der Waals surface area contributed by atoms with E-state index in [0.717, 1.165) is 40.9 Å². The van der Waals surface area contributed by atoms with Gasteiger partial charge < -0.3 is 9.45 Å². The zero-order valence-electron chi connectivity index (χ0n) is 20.5. The zero-order chi connectivity index (χ0) is 24.8. The molecule has 1 aromatic carbocycles. The summed E-state index contributed by atoms with van der Waals surface area (Å²) in [5, 5.41) is 1.10. The second-order valence-electron chi connectivity index (χ2n) is 10.7. The van der Waals surface area contributed by atoms with Crippen LogP contribution in [0.5, 0.6) is 0 Å². The molecule has 9 heteroatoms. The fraction of sp³-hybridized carbons (Fsp3) is 0.538. The van der Waals surface area contributed by atoms with Gasteiger partial charge in [-0.3, -0.25) is 4.40 Å². The molecule has 0 radical (unpaired) electrons. The van der Waals surface area contributed by atoms with Crippen molar-refractivity contribution < 1.29 is 4.55 Å². The highest BCUT2D eigenvalue weighted by Gasteiger charge is 2.44. The predicted octanol–water partition coefficient (Wildman–Crippen LogP) is 7.12. The van der Waals surface area contributed by atoms with Crippen LogP contribution in [0.25, 0.3) is 5.65 Å². The third kappa shape index (κ3) is 5.17. The number of hydrogen-bond donors (Lipinski definition) is 0. The lowest BCUT2D eigenvalue weighted by Gasteiger charge is -2.40. The van der Waals surface area contributed by atoms with Crippen LogP contribution in [0.4, 0.5) is 5.95 Å². The van der Waals surface area contributed by atoms with E-state index >= 15 is 0 Å². The van der Waals surface area contributed by atoms with Gasteiger partial charge in [0, 0.05) is 43.0 Å². The molecule has 3 heterocycles. The summed E-state index contributed by atoms with van der Waals surface area (Å²) in [7, 11) is 0. The number of rotatable bonds is 6. The van der Waals surface area contributed by atoms with Crippen LogP contribution in [0.15, 0.2) is 46.6 Å². The van der Waals surface area contributed by atoms with Gasteiger partial charge in [-0.15, -0.1) is 0 Å². The molecule has 3 aromatic rings. The highest BCUT2D eigenvalue weighted by Crippen LogP contribution is 2.51. The Balaban J connectivity index is 1.29. The molecule has 0 N–H and O–H groups in total. The minimum Gasteiger partial charge on any atom is -0.616 e. The number of halogens is 2. The SMILES string of the molecule is C[S@+]([O-])C(C)(C)CC1CCC2(CCN(c3ncc(Sc4cccc(Cl)c4Cl)c4nccn34)CC2)C1. The van der Waals surface area contributed by atoms with Crippen LogP contribution in [-0.4, -0.2) is 43.0 Å². The molecule has 2 fully saturated rings. The van der Waals surface area contributed by atoms with E-state index in [-0.39, 0.29) is 4.75 Å². The van der Waals surface area contributed by atoms with Gasteiger partial charge in [-0.1, -0.05) is 52.2 Å². The first-order chi connectivity index (χ1) is 16.7. The molecular formula is C26H32Cl2N4OS2. The van der Waals surface area contributed by atoms with E-state index in [9.17, 15) is 4.55 Å². The molecule has 0 amide bonds. The number of hydrogen-bond acceptors (Lipinski definition) is 5. The fourth-order valence-corrected chi connectivity index (χ4v) is 7.69. The Morgan fingerprint density at radius 1 is 1.17 bits per heavy atom. The van der Waals surface area contributed by atoms with E-state index in [4.69, 9.17) is 28.2 Å². The molecule has 1 saturated heterocycles. The number of nitrogens with zero attached hydrogens (tertiary/aromatic N) is 4. The maximum Gasteiger partial charge on any atom is 0.211 e. The van der Waals surface area contributed by atoms with Gasteiger partial charge in [0.05, 0.1) is 21.2 Å². The van der Waals surface area contributed by atoms with Crippen molar-refractivity contribution in [3.05, 3.63) is 46.8 Å². The molecule has 1 aliphatic carbocycles. The number of benzene rings is 1. The number of fused-ring (bicyclic) bond motifs is 1. The zero-order valence-corrected chi connectivity index (χ0v) is 23.6. The summed E-state index contributed by atoms with van der Waals surface area (Å²) in [6.07, 6.45) is 14.8. The van der Waals surface area contributed by atoms with Crippen LogP contribution < -0.4 is 4.90 Å². The minimum atomic E-state index is -0.787. The Kier molecular flexibility index (Phi) is 7.27. The van der Waals surface area contributed by atoms with Crippen molar-refractivity contribution in [1.82, 2.24) is 14.4 Å². The first-order valence-corrected chi connectivity index (χ1v) is 15.3. The quantitative estimate of drug-likeness (QED) is 0.305. The first-order valence-electron chi connectivity index (χ1n) is 12.2. The van der Waals surface area contributed by atoms with Crippen LogP contribution in [-0.2, 0) is 11.2 Å². The topological polar surface area (TPSA) is 56.5 Å². The van der Waals surface area contributed by atoms with E-state index < -0.39 is 11.2 Å². The van der Waals surface area contributed by atoms with Gasteiger partial charge >= 0.3 is 0 Å². The third-order valence-electron chi connectivity index (χ3n) is 7.98. The minimum absolute atomic E-state index is 0.0943. The summed E-state index contributed by atoms with van der Waals surface area (Å²) in [5.41, 5.74) is 1.31. The average Bonchev–Trinajstić information content (AvgIpc) is 3.45. The van der Waals surface area contributed by atoms with Gasteiger partial charge in [-0.2, -0.15) is 0 Å². The van der Waals surface area contributed by atoms with Crippen LogP contribution in [0.1, 0.15) is 52.4 Å². The smallest absolute Gasteiger partial charge is 0.211 e. The number of anilines is 1. The normalized spacial score (nSPS) is 21.2. The summed E-state index contributed by atoms with van der Waals surface area (Å²) < 4.78 is 14.1. The molecular weight excluding hydrogens is 519 g/mol. The summed E-state index contributed by atoms with van der Waals surface area (Å²) in [4.78, 5) is 13.7. The lowest BCUT2D eigenvalue weighted by molar-refractivity contribution is 0.212. The molecule has 1 unspecified atom stereocenters. The molecule has 188 valence electrons. The average molecular weight is 552 g/mol. The summed E-state index contributed by atoms with van der Waals surface area (Å²) >= 11 is 13.4. The van der Waals surface area contributed by atoms with Gasteiger partial charge in [-0.05, 0) is 69.4 Å². The lowest BCUT2D eigenvalue weighted by Crippen LogP contribution is -2.40. The van der Waals surface area contributed by atoms with Crippen molar-refractivity contribution in [2.75, 3.05) is 24.2 Å². The van der Waals surface area contributed by atoms with E-state index in [1.807, 2.05) is 37.0 Å². The standard InChI is InChI=1S/C26H32Cl2N4OS2/c1-25(2,35(3)33)15-18-7-8-26(16-18)9-12-31(13-10-26)24-30-17-21(23-29-11-14-32(23)24)34-20-6-4-5-19(27)22(20)28/h4-6,11,14,17-18H,7-10,12-13,15-16H2,1-3H3/t18?,35-/m0/s1. The molecule has 2 atom stereocenters. The van der Waals surface area contributed by atoms with Crippen LogP contribution in [0.2, 0.25) is 10.0 Å². The van der Waals surface area contributed by atoms with Crippen LogP contribution >= 0.6 is 35.0 Å². The van der Waals surface area contributed by atoms with Crippen molar-refractivity contribution >= 4 is 57.7 Å². The molecule has 5 nitrogen and oxygen atoms in total. The van der Waals surface area contributed by atoms with E-state index in [1.54, 1.807) is 6.07 Å². The summed E-state index contributed by atoms with van der Waals surface area (Å²) in [5.74, 6) is 1.64. The molecule has 0 bridgehead atoms. The molecule has 1 spiro atoms. The summed E-state index contributed by atoms with van der Waals surface area (Å²) in [6, 6.07) is 5.66. The van der Waals surface area contributed by atoms with E-state index in [2.05, 4.69) is 28.1 Å². The van der Waals surface area contributed by atoms with E-state index in [1.165, 1.54) is 43.9 Å². The molecule has 35 heavy (non-hydrogen) atoms. The van der Waals surface area contributed by atoms with Gasteiger partial charge in [0.25, 0.3) is 0 Å². The van der Waals surface area contributed by atoms with Crippen molar-refractivity contribution in [2.24, 2.45) is 11.3 Å². The highest BCUT2D eigenvalue weighted by molar-refractivity contribution is 7.99. The molecule has 1 saturated carbocycles. The predicted molar refractivity (Wildman–Crippen MR) is 148 cm³/mol. The Morgan fingerprint density at radius 3 is 2.69 bits per heavy atom. The van der Waals surface area contributed by atoms with Gasteiger partial charge in [0.2, 0.25) is 5.95 Å². The fourth-order valence-electron chi connectivity index (χ4n) is 5.82. The van der Waals surface area contributed by atoms with Gasteiger partial charge in [-0.25, -0.2) is 9.97 Å². The lowest BCUT2D eigenvalue weighted by atomic mass is 9.76. The van der Waals surface area contributed by atoms with E-state index in [0.29, 0.717) is 21.4 Å². The Labute approximate surface area is 225 Å². The van der Waals surface area contributed by atoms with Gasteiger partial charge in [0.1, 0.15) is 4.75 Å². The number of aromatic nitrogens is 3. The van der Waals surface area contributed by atoms with Crippen molar-refractivity contribution in [2.45, 2.75) is 66.9 Å². The first kappa shape index (κ1) is 25.5.